The lowest BCUT2D eigenvalue weighted by Gasteiger charge is -2.09. The summed E-state index contributed by atoms with van der Waals surface area (Å²) < 4.78 is 5.35. The molecule has 0 aliphatic rings. The van der Waals surface area contributed by atoms with Gasteiger partial charge in [0.2, 0.25) is 5.91 Å². The third kappa shape index (κ3) is 4.84. The van der Waals surface area contributed by atoms with E-state index in [1.54, 1.807) is 18.2 Å². The van der Waals surface area contributed by atoms with Crippen LogP contribution in [0.1, 0.15) is 16.8 Å². The first kappa shape index (κ1) is 14.0. The first-order valence-corrected chi connectivity index (χ1v) is 5.55. The molecule has 0 aliphatic carbocycles. The van der Waals surface area contributed by atoms with Gasteiger partial charge in [0.25, 0.3) is 0 Å². The van der Waals surface area contributed by atoms with Crippen molar-refractivity contribution in [3.63, 3.8) is 0 Å². The number of carboxylic acids is 1. The Labute approximate surface area is 105 Å². The summed E-state index contributed by atoms with van der Waals surface area (Å²) in [5.74, 6) is -1.05. The van der Waals surface area contributed by atoms with Gasteiger partial charge in [-0.2, -0.15) is 0 Å². The normalized spacial score (nSPS) is 10.0. The van der Waals surface area contributed by atoms with E-state index in [1.807, 2.05) is 0 Å². The third-order valence-corrected chi connectivity index (χ3v) is 2.20. The Bertz CT molecular complexity index is 420. The number of nitrogens with two attached hydrogens (primary N) is 1. The number of nitrogens with one attached hydrogen (secondary N) is 1. The van der Waals surface area contributed by atoms with Crippen LogP contribution in [0.25, 0.3) is 0 Å². The monoisotopic (exact) mass is 252 g/mol. The average molecular weight is 252 g/mol. The molecule has 0 saturated heterocycles. The first-order valence-electron chi connectivity index (χ1n) is 5.55. The van der Waals surface area contributed by atoms with Crippen molar-refractivity contribution in [3.8, 4) is 5.75 Å². The van der Waals surface area contributed by atoms with Crippen molar-refractivity contribution in [2.75, 3.05) is 19.7 Å². The number of aromatic carboxylic acids is 1. The van der Waals surface area contributed by atoms with Gasteiger partial charge < -0.3 is 20.9 Å². The minimum atomic E-state index is -1.02. The van der Waals surface area contributed by atoms with Crippen LogP contribution in [0.15, 0.2) is 24.3 Å². The number of benzene rings is 1. The van der Waals surface area contributed by atoms with Crippen LogP contribution in [-0.2, 0) is 4.79 Å². The van der Waals surface area contributed by atoms with E-state index in [0.717, 1.165) is 0 Å². The molecule has 1 amide bonds. The molecule has 0 radical (unpaired) electrons. The van der Waals surface area contributed by atoms with Crippen LogP contribution in [0.5, 0.6) is 5.75 Å². The van der Waals surface area contributed by atoms with Crippen LogP contribution in [0.2, 0.25) is 0 Å². The number of carboxylic acid groups (broad SMARTS) is 1. The van der Waals surface area contributed by atoms with Crippen LogP contribution in [0.4, 0.5) is 0 Å². The number of hydrogen-bond acceptors (Lipinski definition) is 4. The molecule has 1 rings (SSSR count). The summed E-state index contributed by atoms with van der Waals surface area (Å²) in [5, 5.41) is 11.9. The predicted octanol–water partition coefficient (Wildman–Crippen LogP) is 0.229. The summed E-state index contributed by atoms with van der Waals surface area (Å²) in [6.45, 7) is 1.32. The van der Waals surface area contributed by atoms with E-state index in [9.17, 15) is 9.59 Å². The summed E-state index contributed by atoms with van der Waals surface area (Å²) in [6, 6.07) is 6.44. The molecule has 0 saturated carbocycles. The van der Waals surface area contributed by atoms with Gasteiger partial charge in [0.15, 0.2) is 0 Å². The number of primary amides is 1. The highest BCUT2D eigenvalue weighted by molar-refractivity contribution is 5.90. The summed E-state index contributed by atoms with van der Waals surface area (Å²) in [4.78, 5) is 21.3. The largest absolute Gasteiger partial charge is 0.491 e. The molecule has 1 aromatic rings. The van der Waals surface area contributed by atoms with Crippen molar-refractivity contribution in [1.29, 1.82) is 0 Å². The number of amides is 1. The van der Waals surface area contributed by atoms with Gasteiger partial charge in [-0.3, -0.25) is 4.79 Å². The highest BCUT2D eigenvalue weighted by Crippen LogP contribution is 2.17. The number of hydrogen-bond donors (Lipinski definition) is 3. The summed E-state index contributed by atoms with van der Waals surface area (Å²) in [7, 11) is 0. The smallest absolute Gasteiger partial charge is 0.339 e. The lowest BCUT2D eigenvalue weighted by Crippen LogP contribution is -2.26. The van der Waals surface area contributed by atoms with Crippen LogP contribution in [0.3, 0.4) is 0 Å². The van der Waals surface area contributed by atoms with Gasteiger partial charge >= 0.3 is 5.97 Å². The van der Waals surface area contributed by atoms with Gasteiger partial charge in [0, 0.05) is 19.5 Å². The maximum Gasteiger partial charge on any atom is 0.339 e. The van der Waals surface area contributed by atoms with Crippen LogP contribution >= 0.6 is 0 Å². The quantitative estimate of drug-likeness (QED) is 0.575. The van der Waals surface area contributed by atoms with Gasteiger partial charge in [-0.1, -0.05) is 12.1 Å². The fourth-order valence-electron chi connectivity index (χ4n) is 1.34. The highest BCUT2D eigenvalue weighted by Gasteiger charge is 2.09. The van der Waals surface area contributed by atoms with Crippen molar-refractivity contribution in [2.45, 2.75) is 6.42 Å². The minimum Gasteiger partial charge on any atom is -0.491 e. The Hall–Kier alpha value is -2.08. The Morgan fingerprint density at radius 2 is 2.00 bits per heavy atom. The number of rotatable bonds is 8. The zero-order chi connectivity index (χ0) is 13.4. The van der Waals surface area contributed by atoms with E-state index >= 15 is 0 Å². The molecule has 0 bridgehead atoms. The standard InChI is InChI=1S/C12H16N2O4/c13-11(15)5-6-14-7-8-18-10-4-2-1-3-9(10)12(16)17/h1-4,14H,5-8H2,(H2,13,15)(H,16,17). The predicted molar refractivity (Wildman–Crippen MR) is 65.6 cm³/mol. The van der Waals surface area contributed by atoms with Crippen molar-refractivity contribution in [3.05, 3.63) is 29.8 Å². The van der Waals surface area contributed by atoms with E-state index in [0.29, 0.717) is 25.4 Å². The minimum absolute atomic E-state index is 0.134. The molecule has 0 atom stereocenters. The van der Waals surface area contributed by atoms with E-state index in [4.69, 9.17) is 15.6 Å². The number of carbonyl (C=O) groups excluding carboxylic acids is 1. The van der Waals surface area contributed by atoms with Crippen LogP contribution in [0, 0.1) is 0 Å². The Morgan fingerprint density at radius 3 is 2.67 bits per heavy atom. The number of carbonyl (C=O) groups is 2. The number of ether oxygens (including phenoxy) is 1. The fourth-order valence-corrected chi connectivity index (χ4v) is 1.34. The molecule has 0 spiro atoms. The molecule has 0 fully saturated rings. The molecular formula is C12H16N2O4. The lowest BCUT2D eigenvalue weighted by atomic mass is 10.2. The van der Waals surface area contributed by atoms with E-state index in [1.165, 1.54) is 6.07 Å². The van der Waals surface area contributed by atoms with Crippen molar-refractivity contribution in [2.24, 2.45) is 5.73 Å². The van der Waals surface area contributed by atoms with Crippen molar-refractivity contribution >= 4 is 11.9 Å². The zero-order valence-corrected chi connectivity index (χ0v) is 9.89. The second-order valence-corrected chi connectivity index (χ2v) is 3.62. The van der Waals surface area contributed by atoms with E-state index in [2.05, 4.69) is 5.32 Å². The zero-order valence-electron chi connectivity index (χ0n) is 9.89. The molecule has 0 heterocycles. The molecular weight excluding hydrogens is 236 g/mol. The number of para-hydroxylation sites is 1. The summed E-state index contributed by atoms with van der Waals surface area (Å²) in [5.41, 5.74) is 5.11. The van der Waals surface area contributed by atoms with Crippen LogP contribution in [-0.4, -0.2) is 36.7 Å². The third-order valence-electron chi connectivity index (χ3n) is 2.20. The van der Waals surface area contributed by atoms with Gasteiger partial charge in [-0.05, 0) is 12.1 Å². The Morgan fingerprint density at radius 1 is 1.28 bits per heavy atom. The first-order chi connectivity index (χ1) is 8.61. The average Bonchev–Trinajstić information content (AvgIpc) is 2.33. The molecule has 0 aliphatic heterocycles. The molecule has 0 unspecified atom stereocenters. The maximum atomic E-state index is 10.9. The van der Waals surface area contributed by atoms with E-state index in [-0.39, 0.29) is 17.9 Å². The molecule has 4 N–H and O–H groups in total. The lowest BCUT2D eigenvalue weighted by molar-refractivity contribution is -0.117. The fraction of sp³-hybridized carbons (Fsp3) is 0.333. The maximum absolute atomic E-state index is 10.9. The Kier molecular flexibility index (Phi) is 5.66. The Balaban J connectivity index is 2.31. The second kappa shape index (κ2) is 7.29. The molecule has 1 aromatic carbocycles. The summed E-state index contributed by atoms with van der Waals surface area (Å²) in [6.07, 6.45) is 0.270. The van der Waals surface area contributed by atoms with Gasteiger partial charge in [-0.25, -0.2) is 4.79 Å². The summed E-state index contributed by atoms with van der Waals surface area (Å²) >= 11 is 0. The van der Waals surface area contributed by atoms with Gasteiger partial charge in [-0.15, -0.1) is 0 Å². The van der Waals surface area contributed by atoms with Gasteiger partial charge in [0.1, 0.15) is 17.9 Å². The topological polar surface area (TPSA) is 102 Å². The van der Waals surface area contributed by atoms with Crippen LogP contribution < -0.4 is 15.8 Å². The second-order valence-electron chi connectivity index (χ2n) is 3.62. The SMILES string of the molecule is NC(=O)CCNCCOc1ccccc1C(=O)O. The van der Waals surface area contributed by atoms with Gasteiger partial charge in [0.05, 0.1) is 0 Å². The highest BCUT2D eigenvalue weighted by atomic mass is 16.5. The molecule has 6 nitrogen and oxygen atoms in total. The molecule has 6 heteroatoms. The van der Waals surface area contributed by atoms with E-state index < -0.39 is 5.97 Å². The molecule has 98 valence electrons. The van der Waals surface area contributed by atoms with Crippen molar-refractivity contribution < 1.29 is 19.4 Å². The molecule has 18 heavy (non-hydrogen) atoms. The van der Waals surface area contributed by atoms with Crippen molar-refractivity contribution in [1.82, 2.24) is 5.32 Å². The molecule has 0 aromatic heterocycles.